The Balaban J connectivity index is 4.34. The Morgan fingerprint density at radius 2 is 1.04 bits per heavy atom. The van der Waals surface area contributed by atoms with Crippen LogP contribution in [0.1, 0.15) is 187 Å². The molecule has 0 saturated carbocycles. The molecule has 8 nitrogen and oxygen atoms in total. The zero-order chi connectivity index (χ0) is 37.7. The van der Waals surface area contributed by atoms with Crippen LogP contribution in [-0.2, 0) is 27.9 Å². The number of allylic oxidation sites excluding steroid dienone is 3. The smallest absolute Gasteiger partial charge is 0.306 e. The van der Waals surface area contributed by atoms with Gasteiger partial charge in [-0.15, -0.1) is 0 Å². The first-order valence-electron chi connectivity index (χ1n) is 21.1. The molecule has 2 unspecified atom stereocenters. The van der Waals surface area contributed by atoms with Crippen molar-refractivity contribution < 1.29 is 37.3 Å². The molecule has 0 rings (SSSR count). The molecule has 302 valence electrons. The molecule has 0 spiro atoms. The highest BCUT2D eigenvalue weighted by molar-refractivity contribution is 7.45. The first-order chi connectivity index (χ1) is 24.6. The van der Waals surface area contributed by atoms with E-state index in [1.54, 1.807) is 6.26 Å². The van der Waals surface area contributed by atoms with Crippen molar-refractivity contribution >= 4 is 13.8 Å². The molecule has 0 fully saturated rings. The van der Waals surface area contributed by atoms with E-state index in [2.05, 4.69) is 19.9 Å². The second kappa shape index (κ2) is 35.8. The average Bonchev–Trinajstić information content (AvgIpc) is 3.08. The van der Waals surface area contributed by atoms with Crippen LogP contribution in [0.3, 0.4) is 0 Å². The molecule has 0 radical (unpaired) electrons. The number of unbranched alkanes of at least 4 members (excludes halogenated alkanes) is 23. The molecule has 0 aromatic rings. The number of hydrogen-bond donors (Lipinski definition) is 0. The van der Waals surface area contributed by atoms with E-state index in [-0.39, 0.29) is 26.2 Å². The van der Waals surface area contributed by atoms with Crippen molar-refractivity contribution in [3.8, 4) is 0 Å². The molecule has 0 saturated heterocycles. The van der Waals surface area contributed by atoms with Gasteiger partial charge in [0.1, 0.15) is 19.8 Å². The maximum atomic E-state index is 12.6. The lowest BCUT2D eigenvalue weighted by atomic mass is 10.0. The third-order valence-electron chi connectivity index (χ3n) is 9.08. The van der Waals surface area contributed by atoms with Crippen LogP contribution in [0, 0.1) is 0 Å². The van der Waals surface area contributed by atoms with Crippen molar-refractivity contribution in [2.75, 3.05) is 47.5 Å². The van der Waals surface area contributed by atoms with E-state index < -0.39 is 19.9 Å². The van der Waals surface area contributed by atoms with Gasteiger partial charge < -0.3 is 27.9 Å². The van der Waals surface area contributed by atoms with Crippen LogP contribution in [0.25, 0.3) is 0 Å². The van der Waals surface area contributed by atoms with Gasteiger partial charge in [-0.2, -0.15) is 0 Å². The standard InChI is InChI=1S/C42H82NO7P/c1-6-8-10-12-14-16-18-20-22-23-25-27-29-31-33-35-42(44)50-41(40-49-51(45,46)48-38-36-43(3,4)5)39-47-37-34-32-30-28-26-24-21-19-17-15-13-11-9-7-2/h29,31,34,37,41H,6-28,30,32-33,35-36,38-40H2,1-5H3/b31-29-,37-34+. The minimum Gasteiger partial charge on any atom is -0.756 e. The quantitative estimate of drug-likeness (QED) is 0.0154. The molecule has 0 amide bonds. The molecule has 0 heterocycles. The minimum atomic E-state index is -4.54. The molecule has 0 aliphatic rings. The van der Waals surface area contributed by atoms with E-state index in [1.165, 1.54) is 141 Å². The van der Waals surface area contributed by atoms with Crippen LogP contribution in [0.5, 0.6) is 0 Å². The predicted octanol–water partition coefficient (Wildman–Crippen LogP) is 11.8. The maximum Gasteiger partial charge on any atom is 0.306 e. The summed E-state index contributed by atoms with van der Waals surface area (Å²) >= 11 is 0. The van der Waals surface area contributed by atoms with Crippen molar-refractivity contribution in [1.29, 1.82) is 0 Å². The van der Waals surface area contributed by atoms with E-state index in [0.717, 1.165) is 19.3 Å². The van der Waals surface area contributed by atoms with E-state index in [0.29, 0.717) is 17.4 Å². The van der Waals surface area contributed by atoms with Crippen molar-refractivity contribution in [1.82, 2.24) is 0 Å². The lowest BCUT2D eigenvalue weighted by molar-refractivity contribution is -0.870. The number of phosphoric ester groups is 1. The minimum absolute atomic E-state index is 0.00820. The van der Waals surface area contributed by atoms with Crippen LogP contribution in [-0.4, -0.2) is 64.1 Å². The molecule has 0 aromatic carbocycles. The SMILES string of the molecule is CCCCCCCCCCCCC/C=C\CCC(=O)OC(CO/C=C/CCCCCCCCCCCCCC)COP(=O)([O-])OCC[N+](C)(C)C. The van der Waals surface area contributed by atoms with Crippen molar-refractivity contribution in [3.05, 3.63) is 24.5 Å². The summed E-state index contributed by atoms with van der Waals surface area (Å²) in [5.41, 5.74) is 0. The molecule has 0 bridgehead atoms. The van der Waals surface area contributed by atoms with Gasteiger partial charge in [-0.25, -0.2) is 0 Å². The molecule has 51 heavy (non-hydrogen) atoms. The predicted molar refractivity (Wildman–Crippen MR) is 213 cm³/mol. The maximum absolute atomic E-state index is 12.6. The zero-order valence-corrected chi connectivity index (χ0v) is 35.0. The van der Waals surface area contributed by atoms with Gasteiger partial charge in [0, 0.05) is 6.42 Å². The molecule has 9 heteroatoms. The Hall–Kier alpha value is -1.18. The number of rotatable bonds is 39. The number of carbonyl (C=O) groups is 1. The molecule has 0 aliphatic heterocycles. The first kappa shape index (κ1) is 49.8. The summed E-state index contributed by atoms with van der Waals surface area (Å²) in [4.78, 5) is 24.9. The third kappa shape index (κ3) is 39.9. The van der Waals surface area contributed by atoms with Gasteiger partial charge >= 0.3 is 5.97 Å². The number of carbonyl (C=O) groups excluding carboxylic acids is 1. The fourth-order valence-corrected chi connectivity index (χ4v) is 6.49. The summed E-state index contributed by atoms with van der Waals surface area (Å²) in [5.74, 6) is -0.404. The van der Waals surface area contributed by atoms with Crippen LogP contribution in [0.4, 0.5) is 0 Å². The van der Waals surface area contributed by atoms with Gasteiger partial charge in [0.05, 0.1) is 34.0 Å². The Bertz CT molecular complexity index is 874. The number of phosphoric acid groups is 1. The molecule has 2 atom stereocenters. The number of likely N-dealkylation sites (N-methyl/N-ethyl adjacent to an activating group) is 1. The van der Waals surface area contributed by atoms with Crippen LogP contribution in [0.2, 0.25) is 0 Å². The van der Waals surface area contributed by atoms with Gasteiger partial charge in [0.25, 0.3) is 7.82 Å². The summed E-state index contributed by atoms with van der Waals surface area (Å²) in [7, 11) is 1.31. The fraction of sp³-hybridized carbons (Fsp3) is 0.881. The summed E-state index contributed by atoms with van der Waals surface area (Å²) in [6.07, 6.45) is 40.1. The summed E-state index contributed by atoms with van der Waals surface area (Å²) < 4.78 is 34.2. The monoisotopic (exact) mass is 744 g/mol. The van der Waals surface area contributed by atoms with E-state index in [4.69, 9.17) is 18.5 Å². The number of esters is 1. The Labute approximate surface area is 315 Å². The first-order valence-corrected chi connectivity index (χ1v) is 22.6. The normalized spacial score (nSPS) is 14.0. The lowest BCUT2D eigenvalue weighted by Crippen LogP contribution is -2.37. The zero-order valence-electron chi connectivity index (χ0n) is 34.1. The molecule has 0 aromatic heterocycles. The fourth-order valence-electron chi connectivity index (χ4n) is 5.76. The summed E-state index contributed by atoms with van der Waals surface area (Å²) in [6.45, 7) is 4.70. The highest BCUT2D eigenvalue weighted by Crippen LogP contribution is 2.38. The van der Waals surface area contributed by atoms with Crippen molar-refractivity contribution in [3.63, 3.8) is 0 Å². The topological polar surface area (TPSA) is 94.1 Å². The average molecular weight is 744 g/mol. The van der Waals surface area contributed by atoms with Gasteiger partial charge in [0.15, 0.2) is 6.10 Å². The molecule has 0 aliphatic carbocycles. The molecular formula is C42H82NO7P. The van der Waals surface area contributed by atoms with Gasteiger partial charge in [-0.1, -0.05) is 161 Å². The molecule has 0 N–H and O–H groups in total. The third-order valence-corrected chi connectivity index (χ3v) is 10.0. The van der Waals surface area contributed by atoms with E-state index >= 15 is 0 Å². The van der Waals surface area contributed by atoms with Gasteiger partial charge in [-0.3, -0.25) is 9.36 Å². The highest BCUT2D eigenvalue weighted by atomic mass is 31.2. The highest BCUT2D eigenvalue weighted by Gasteiger charge is 2.20. The van der Waals surface area contributed by atoms with E-state index in [1.807, 2.05) is 33.3 Å². The van der Waals surface area contributed by atoms with Crippen LogP contribution >= 0.6 is 7.82 Å². The van der Waals surface area contributed by atoms with Gasteiger partial charge in [-0.05, 0) is 38.2 Å². The lowest BCUT2D eigenvalue weighted by Gasteiger charge is -2.28. The number of quaternary nitrogens is 1. The van der Waals surface area contributed by atoms with Crippen LogP contribution < -0.4 is 4.89 Å². The van der Waals surface area contributed by atoms with Gasteiger partial charge in [0.2, 0.25) is 0 Å². The van der Waals surface area contributed by atoms with E-state index in [9.17, 15) is 14.3 Å². The van der Waals surface area contributed by atoms with Crippen molar-refractivity contribution in [2.24, 2.45) is 0 Å². The van der Waals surface area contributed by atoms with Crippen LogP contribution in [0.15, 0.2) is 24.5 Å². The second-order valence-electron chi connectivity index (χ2n) is 15.4. The van der Waals surface area contributed by atoms with Crippen molar-refractivity contribution in [2.45, 2.75) is 193 Å². The summed E-state index contributed by atoms with van der Waals surface area (Å²) in [5, 5.41) is 0. The molecular weight excluding hydrogens is 661 g/mol. The Kier molecular flexibility index (Phi) is 35.0. The summed E-state index contributed by atoms with van der Waals surface area (Å²) in [6, 6.07) is 0. The number of nitrogens with zero attached hydrogens (tertiary/aromatic N) is 1. The largest absolute Gasteiger partial charge is 0.756 e. The second-order valence-corrected chi connectivity index (χ2v) is 16.8. The Morgan fingerprint density at radius 3 is 1.51 bits per heavy atom. The number of ether oxygens (including phenoxy) is 2. The number of hydrogen-bond acceptors (Lipinski definition) is 7. The Morgan fingerprint density at radius 1 is 0.608 bits per heavy atom.